The standard InChI is InChI=1S/C17H24N6/c1-13(17-19-20-21-23(17)16-9-10-16)22-11-5-8-15(12-22)18-14-6-3-2-4-7-14/h2-4,6-7,13,15-16,18H,5,8-12H2,1H3. The van der Waals surface area contributed by atoms with Gasteiger partial charge in [0.15, 0.2) is 5.82 Å². The summed E-state index contributed by atoms with van der Waals surface area (Å²) < 4.78 is 2.04. The molecule has 1 aliphatic heterocycles. The number of aromatic nitrogens is 4. The molecule has 2 aliphatic rings. The van der Waals surface area contributed by atoms with Crippen molar-refractivity contribution >= 4 is 5.69 Å². The van der Waals surface area contributed by atoms with E-state index in [0.29, 0.717) is 12.1 Å². The highest BCUT2D eigenvalue weighted by Gasteiger charge is 2.32. The van der Waals surface area contributed by atoms with E-state index in [0.717, 1.165) is 18.9 Å². The number of hydrogen-bond acceptors (Lipinski definition) is 5. The summed E-state index contributed by atoms with van der Waals surface area (Å²) >= 11 is 0. The first kappa shape index (κ1) is 14.6. The molecule has 0 spiro atoms. The monoisotopic (exact) mass is 312 g/mol. The summed E-state index contributed by atoms with van der Waals surface area (Å²) in [7, 11) is 0. The van der Waals surface area contributed by atoms with Gasteiger partial charge in [-0.05, 0) is 61.7 Å². The van der Waals surface area contributed by atoms with Crippen molar-refractivity contribution in [2.75, 3.05) is 18.4 Å². The molecule has 1 saturated heterocycles. The van der Waals surface area contributed by atoms with Gasteiger partial charge in [0.1, 0.15) is 0 Å². The second-order valence-corrected chi connectivity index (χ2v) is 6.73. The van der Waals surface area contributed by atoms with E-state index in [-0.39, 0.29) is 6.04 Å². The fraction of sp³-hybridized carbons (Fsp3) is 0.588. The number of nitrogens with zero attached hydrogens (tertiary/aromatic N) is 5. The van der Waals surface area contributed by atoms with Crippen molar-refractivity contribution in [3.63, 3.8) is 0 Å². The maximum Gasteiger partial charge on any atom is 0.168 e. The van der Waals surface area contributed by atoms with E-state index in [2.05, 4.69) is 63.0 Å². The Bertz CT molecular complexity index is 636. The number of tetrazole rings is 1. The van der Waals surface area contributed by atoms with Crippen LogP contribution in [-0.2, 0) is 0 Å². The molecule has 6 heteroatoms. The summed E-state index contributed by atoms with van der Waals surface area (Å²) in [4.78, 5) is 2.51. The van der Waals surface area contributed by atoms with Gasteiger partial charge >= 0.3 is 0 Å². The van der Waals surface area contributed by atoms with Crippen LogP contribution in [0.25, 0.3) is 0 Å². The first-order valence-electron chi connectivity index (χ1n) is 8.64. The highest BCUT2D eigenvalue weighted by Crippen LogP contribution is 2.36. The topological polar surface area (TPSA) is 58.9 Å². The van der Waals surface area contributed by atoms with E-state index in [1.165, 1.54) is 31.4 Å². The third-order valence-electron chi connectivity index (χ3n) is 4.93. The first-order chi connectivity index (χ1) is 11.3. The van der Waals surface area contributed by atoms with E-state index >= 15 is 0 Å². The molecule has 2 aromatic rings. The van der Waals surface area contributed by atoms with Gasteiger partial charge in [-0.25, -0.2) is 4.68 Å². The predicted molar refractivity (Wildman–Crippen MR) is 89.2 cm³/mol. The lowest BCUT2D eigenvalue weighted by atomic mass is 10.0. The number of likely N-dealkylation sites (tertiary alicyclic amines) is 1. The van der Waals surface area contributed by atoms with Gasteiger partial charge in [-0.2, -0.15) is 0 Å². The van der Waals surface area contributed by atoms with Crippen molar-refractivity contribution in [2.45, 2.75) is 50.7 Å². The normalized spacial score (nSPS) is 23.6. The molecule has 0 amide bonds. The van der Waals surface area contributed by atoms with Crippen LogP contribution in [0.4, 0.5) is 5.69 Å². The van der Waals surface area contributed by atoms with Crippen molar-refractivity contribution in [1.82, 2.24) is 25.1 Å². The lowest BCUT2D eigenvalue weighted by Gasteiger charge is -2.36. The van der Waals surface area contributed by atoms with Gasteiger partial charge in [-0.15, -0.1) is 5.10 Å². The SMILES string of the molecule is CC(c1nnnn1C1CC1)N1CCCC(Nc2ccccc2)C1. The molecule has 6 nitrogen and oxygen atoms in total. The number of piperidine rings is 1. The number of nitrogens with one attached hydrogen (secondary N) is 1. The van der Waals surface area contributed by atoms with Gasteiger partial charge < -0.3 is 5.32 Å². The Morgan fingerprint density at radius 1 is 1.17 bits per heavy atom. The van der Waals surface area contributed by atoms with Crippen LogP contribution in [0.5, 0.6) is 0 Å². The Morgan fingerprint density at radius 2 is 2.00 bits per heavy atom. The van der Waals surface area contributed by atoms with Crippen LogP contribution in [0.2, 0.25) is 0 Å². The average molecular weight is 312 g/mol. The summed E-state index contributed by atoms with van der Waals surface area (Å²) in [6.07, 6.45) is 4.84. The van der Waals surface area contributed by atoms with Gasteiger partial charge in [0.2, 0.25) is 0 Å². The van der Waals surface area contributed by atoms with Crippen molar-refractivity contribution < 1.29 is 0 Å². The Morgan fingerprint density at radius 3 is 2.78 bits per heavy atom. The molecule has 1 N–H and O–H groups in total. The van der Waals surface area contributed by atoms with Crippen molar-refractivity contribution in [3.8, 4) is 0 Å². The summed E-state index contributed by atoms with van der Waals surface area (Å²) in [5.41, 5.74) is 1.20. The second kappa shape index (κ2) is 6.28. The lowest BCUT2D eigenvalue weighted by molar-refractivity contribution is 0.155. The van der Waals surface area contributed by atoms with E-state index in [1.54, 1.807) is 0 Å². The molecule has 1 aliphatic carbocycles. The number of hydrogen-bond donors (Lipinski definition) is 1. The van der Waals surface area contributed by atoms with Crippen LogP contribution >= 0.6 is 0 Å². The van der Waals surface area contributed by atoms with Crippen LogP contribution in [0.1, 0.15) is 50.5 Å². The van der Waals surface area contributed by atoms with Crippen molar-refractivity contribution in [2.24, 2.45) is 0 Å². The zero-order valence-electron chi connectivity index (χ0n) is 13.6. The van der Waals surface area contributed by atoms with Crippen LogP contribution in [0.15, 0.2) is 30.3 Å². The highest BCUT2D eigenvalue weighted by molar-refractivity contribution is 5.43. The fourth-order valence-electron chi connectivity index (χ4n) is 3.46. The van der Waals surface area contributed by atoms with Gasteiger partial charge in [-0.3, -0.25) is 4.90 Å². The third kappa shape index (κ3) is 3.22. The average Bonchev–Trinajstić information content (AvgIpc) is 3.32. The maximum absolute atomic E-state index is 4.30. The lowest BCUT2D eigenvalue weighted by Crippen LogP contribution is -2.43. The smallest absolute Gasteiger partial charge is 0.168 e. The molecule has 2 heterocycles. The van der Waals surface area contributed by atoms with Crippen LogP contribution in [0, 0.1) is 0 Å². The van der Waals surface area contributed by atoms with Crippen molar-refractivity contribution in [1.29, 1.82) is 0 Å². The molecule has 122 valence electrons. The van der Waals surface area contributed by atoms with E-state index in [1.807, 2.05) is 4.68 Å². The Hall–Kier alpha value is -1.95. The Labute approximate surface area is 136 Å². The summed E-state index contributed by atoms with van der Waals surface area (Å²) in [6, 6.07) is 11.8. The molecule has 2 unspecified atom stereocenters. The minimum Gasteiger partial charge on any atom is -0.381 e. The van der Waals surface area contributed by atoms with Crippen LogP contribution < -0.4 is 5.32 Å². The minimum atomic E-state index is 0.269. The van der Waals surface area contributed by atoms with E-state index in [4.69, 9.17) is 0 Å². The number of rotatable bonds is 5. The number of para-hydroxylation sites is 1. The Kier molecular flexibility index (Phi) is 3.99. The van der Waals surface area contributed by atoms with Gasteiger partial charge in [0.25, 0.3) is 0 Å². The van der Waals surface area contributed by atoms with Gasteiger partial charge in [0, 0.05) is 18.3 Å². The van der Waals surface area contributed by atoms with Gasteiger partial charge in [-0.1, -0.05) is 18.2 Å². The largest absolute Gasteiger partial charge is 0.381 e. The second-order valence-electron chi connectivity index (χ2n) is 6.73. The quantitative estimate of drug-likeness (QED) is 0.920. The molecule has 4 rings (SSSR count). The highest BCUT2D eigenvalue weighted by atomic mass is 15.6. The first-order valence-corrected chi connectivity index (χ1v) is 8.64. The maximum atomic E-state index is 4.30. The minimum absolute atomic E-state index is 0.269. The molecule has 0 bridgehead atoms. The molecule has 1 aromatic carbocycles. The van der Waals surface area contributed by atoms with Gasteiger partial charge in [0.05, 0.1) is 12.1 Å². The molecule has 1 saturated carbocycles. The molecule has 2 atom stereocenters. The predicted octanol–water partition coefficient (Wildman–Crippen LogP) is 2.65. The fourth-order valence-corrected chi connectivity index (χ4v) is 3.46. The molecule has 1 aromatic heterocycles. The zero-order valence-corrected chi connectivity index (χ0v) is 13.6. The third-order valence-corrected chi connectivity index (χ3v) is 4.93. The number of benzene rings is 1. The molecule has 0 radical (unpaired) electrons. The molecule has 23 heavy (non-hydrogen) atoms. The summed E-state index contributed by atoms with van der Waals surface area (Å²) in [5.74, 6) is 1.02. The van der Waals surface area contributed by atoms with E-state index in [9.17, 15) is 0 Å². The number of anilines is 1. The van der Waals surface area contributed by atoms with Crippen LogP contribution in [-0.4, -0.2) is 44.2 Å². The van der Waals surface area contributed by atoms with Crippen LogP contribution in [0.3, 0.4) is 0 Å². The molecule has 2 fully saturated rings. The zero-order chi connectivity index (χ0) is 15.6. The summed E-state index contributed by atoms with van der Waals surface area (Å²) in [5, 5.41) is 16.1. The summed E-state index contributed by atoms with van der Waals surface area (Å²) in [6.45, 7) is 4.38. The molecular formula is C17H24N6. The Balaban J connectivity index is 1.43. The van der Waals surface area contributed by atoms with E-state index < -0.39 is 0 Å². The van der Waals surface area contributed by atoms with Crippen molar-refractivity contribution in [3.05, 3.63) is 36.2 Å². The molecular weight excluding hydrogens is 288 g/mol.